The second-order valence-corrected chi connectivity index (χ2v) is 6.90. The minimum atomic E-state index is -0.890. The Bertz CT molecular complexity index is 1050. The molecule has 0 bridgehead atoms. The number of carbonyl (C=O) groups excluding carboxylic acids is 3. The Morgan fingerprint density at radius 1 is 1.00 bits per heavy atom. The van der Waals surface area contributed by atoms with Crippen molar-refractivity contribution in [3.05, 3.63) is 63.7 Å². The number of anilines is 1. The van der Waals surface area contributed by atoms with Crippen molar-refractivity contribution in [2.24, 2.45) is 0 Å². The van der Waals surface area contributed by atoms with Gasteiger partial charge in [0.25, 0.3) is 5.91 Å². The highest BCUT2D eigenvalue weighted by atomic mass is 79.9. The normalized spacial score (nSPS) is 10.5. The van der Waals surface area contributed by atoms with Gasteiger partial charge in [-0.25, -0.2) is 4.68 Å². The Kier molecular flexibility index (Phi) is 5.48. The zero-order valence-electron chi connectivity index (χ0n) is 14.0. The van der Waals surface area contributed by atoms with Crippen LogP contribution >= 0.6 is 27.5 Å². The topological polar surface area (TPSA) is 92.2 Å². The lowest BCUT2D eigenvalue weighted by molar-refractivity contribution is -0.136. The molecule has 0 aliphatic carbocycles. The molecule has 3 aromatic rings. The van der Waals surface area contributed by atoms with Crippen LogP contribution in [-0.4, -0.2) is 29.4 Å². The van der Waals surface area contributed by atoms with Crippen molar-refractivity contribution in [2.45, 2.75) is 0 Å². The third kappa shape index (κ3) is 4.12. The molecule has 27 heavy (non-hydrogen) atoms. The van der Waals surface area contributed by atoms with Gasteiger partial charge < -0.3 is 10.6 Å². The SMILES string of the molecule is CNC(=O)C(=O)Nn1c(C(=O)Nc2ccc(Cl)cc2)cc2cc(Br)ccc21. The van der Waals surface area contributed by atoms with E-state index in [1.54, 1.807) is 48.5 Å². The first-order valence-electron chi connectivity index (χ1n) is 7.80. The molecule has 3 amide bonds. The van der Waals surface area contributed by atoms with E-state index in [2.05, 4.69) is 32.0 Å². The van der Waals surface area contributed by atoms with Gasteiger partial charge in [-0.05, 0) is 48.5 Å². The number of benzene rings is 2. The quantitative estimate of drug-likeness (QED) is 0.537. The summed E-state index contributed by atoms with van der Waals surface area (Å²) >= 11 is 9.23. The average Bonchev–Trinajstić information content (AvgIpc) is 3.00. The highest BCUT2D eigenvalue weighted by Crippen LogP contribution is 2.24. The highest BCUT2D eigenvalue weighted by molar-refractivity contribution is 9.10. The van der Waals surface area contributed by atoms with Crippen LogP contribution in [-0.2, 0) is 9.59 Å². The van der Waals surface area contributed by atoms with E-state index in [1.165, 1.54) is 11.7 Å². The maximum absolute atomic E-state index is 12.8. The van der Waals surface area contributed by atoms with E-state index in [-0.39, 0.29) is 5.69 Å². The van der Waals surface area contributed by atoms with Crippen LogP contribution in [0.2, 0.25) is 5.02 Å². The fourth-order valence-electron chi connectivity index (χ4n) is 2.47. The van der Waals surface area contributed by atoms with Crippen LogP contribution in [0.3, 0.4) is 0 Å². The van der Waals surface area contributed by atoms with Crippen LogP contribution in [0.5, 0.6) is 0 Å². The van der Waals surface area contributed by atoms with Crippen LogP contribution in [0, 0.1) is 0 Å². The molecule has 0 aliphatic heterocycles. The molecular formula is C18H14BrClN4O3. The summed E-state index contributed by atoms with van der Waals surface area (Å²) in [5, 5.41) is 6.24. The van der Waals surface area contributed by atoms with Gasteiger partial charge in [0.15, 0.2) is 0 Å². The van der Waals surface area contributed by atoms with Crippen molar-refractivity contribution >= 4 is 61.8 Å². The molecule has 1 heterocycles. The van der Waals surface area contributed by atoms with Gasteiger partial charge in [-0.15, -0.1) is 0 Å². The van der Waals surface area contributed by atoms with E-state index < -0.39 is 17.7 Å². The van der Waals surface area contributed by atoms with Crippen LogP contribution in [0.4, 0.5) is 5.69 Å². The lowest BCUT2D eigenvalue weighted by Gasteiger charge is -2.12. The Balaban J connectivity index is 2.00. The van der Waals surface area contributed by atoms with E-state index >= 15 is 0 Å². The summed E-state index contributed by atoms with van der Waals surface area (Å²) in [6.07, 6.45) is 0. The molecule has 0 radical (unpaired) electrons. The number of rotatable bonds is 3. The van der Waals surface area contributed by atoms with Crippen molar-refractivity contribution in [1.82, 2.24) is 9.99 Å². The number of fused-ring (bicyclic) bond motifs is 1. The number of nitrogens with zero attached hydrogens (tertiary/aromatic N) is 1. The van der Waals surface area contributed by atoms with E-state index in [1.807, 2.05) is 0 Å². The molecule has 3 N–H and O–H groups in total. The number of nitrogens with one attached hydrogen (secondary N) is 3. The maximum atomic E-state index is 12.8. The number of likely N-dealkylation sites (N-methyl/N-ethyl adjacent to an activating group) is 1. The van der Waals surface area contributed by atoms with Gasteiger partial charge in [-0.1, -0.05) is 27.5 Å². The van der Waals surface area contributed by atoms with Crippen LogP contribution in [0.25, 0.3) is 10.9 Å². The molecule has 0 fully saturated rings. The minimum absolute atomic E-state index is 0.162. The van der Waals surface area contributed by atoms with Crippen molar-refractivity contribution in [1.29, 1.82) is 0 Å². The molecule has 7 nitrogen and oxygen atoms in total. The van der Waals surface area contributed by atoms with E-state index in [9.17, 15) is 14.4 Å². The average molecular weight is 450 g/mol. The lowest BCUT2D eigenvalue weighted by atomic mass is 10.2. The van der Waals surface area contributed by atoms with Crippen LogP contribution in [0.15, 0.2) is 53.0 Å². The van der Waals surface area contributed by atoms with Gasteiger partial charge in [0, 0.05) is 27.6 Å². The predicted molar refractivity (Wildman–Crippen MR) is 107 cm³/mol. The summed E-state index contributed by atoms with van der Waals surface area (Å²) in [6, 6.07) is 13.5. The third-order valence-electron chi connectivity index (χ3n) is 3.74. The summed E-state index contributed by atoms with van der Waals surface area (Å²) in [4.78, 5) is 36.4. The molecular weight excluding hydrogens is 436 g/mol. The number of carbonyl (C=O) groups is 3. The third-order valence-corrected chi connectivity index (χ3v) is 4.49. The Hall–Kier alpha value is -2.84. The van der Waals surface area contributed by atoms with Crippen LogP contribution < -0.4 is 16.1 Å². The molecule has 0 atom stereocenters. The zero-order chi connectivity index (χ0) is 19.6. The second-order valence-electron chi connectivity index (χ2n) is 5.55. The lowest BCUT2D eigenvalue weighted by Crippen LogP contribution is -2.38. The first kappa shape index (κ1) is 18.9. The molecule has 0 spiro atoms. The van der Waals surface area contributed by atoms with Crippen molar-refractivity contribution in [3.63, 3.8) is 0 Å². The van der Waals surface area contributed by atoms with Crippen molar-refractivity contribution in [2.75, 3.05) is 17.8 Å². The fraction of sp³-hybridized carbons (Fsp3) is 0.0556. The highest BCUT2D eigenvalue weighted by Gasteiger charge is 2.20. The number of amides is 3. The molecule has 138 valence electrons. The number of hydrogen-bond donors (Lipinski definition) is 3. The van der Waals surface area contributed by atoms with Crippen molar-refractivity contribution in [3.8, 4) is 0 Å². The molecule has 9 heteroatoms. The summed E-state index contributed by atoms with van der Waals surface area (Å²) in [7, 11) is 1.35. The van der Waals surface area contributed by atoms with E-state index in [4.69, 9.17) is 11.6 Å². The molecule has 0 saturated carbocycles. The van der Waals surface area contributed by atoms with Crippen molar-refractivity contribution < 1.29 is 14.4 Å². The predicted octanol–water partition coefficient (Wildman–Crippen LogP) is 3.13. The molecule has 3 rings (SSSR count). The Morgan fingerprint density at radius 2 is 1.70 bits per heavy atom. The van der Waals surface area contributed by atoms with Gasteiger partial charge in [0.05, 0.1) is 5.52 Å². The van der Waals surface area contributed by atoms with E-state index in [0.717, 1.165) is 4.47 Å². The summed E-state index contributed by atoms with van der Waals surface area (Å²) in [5.41, 5.74) is 3.72. The number of aromatic nitrogens is 1. The molecule has 2 aromatic carbocycles. The largest absolute Gasteiger partial charge is 0.351 e. The second kappa shape index (κ2) is 7.81. The summed E-state index contributed by atoms with van der Waals surface area (Å²) in [5.74, 6) is -2.17. The first-order valence-corrected chi connectivity index (χ1v) is 8.97. The van der Waals surface area contributed by atoms with Gasteiger partial charge in [-0.3, -0.25) is 19.8 Å². The Morgan fingerprint density at radius 3 is 2.37 bits per heavy atom. The van der Waals surface area contributed by atoms with Crippen LogP contribution in [0.1, 0.15) is 10.5 Å². The smallest absolute Gasteiger partial charge is 0.328 e. The fourth-order valence-corrected chi connectivity index (χ4v) is 2.97. The first-order chi connectivity index (χ1) is 12.9. The van der Waals surface area contributed by atoms with Gasteiger partial charge in [0.2, 0.25) is 0 Å². The monoisotopic (exact) mass is 448 g/mol. The van der Waals surface area contributed by atoms with Gasteiger partial charge >= 0.3 is 11.8 Å². The molecule has 0 saturated heterocycles. The molecule has 0 aliphatic rings. The summed E-state index contributed by atoms with van der Waals surface area (Å²) < 4.78 is 2.10. The number of hydrogen-bond acceptors (Lipinski definition) is 3. The zero-order valence-corrected chi connectivity index (χ0v) is 16.4. The molecule has 1 aromatic heterocycles. The minimum Gasteiger partial charge on any atom is -0.351 e. The van der Waals surface area contributed by atoms with Gasteiger partial charge in [0.1, 0.15) is 5.69 Å². The standard InChI is InChI=1S/C18H14BrClN4O3/c1-21-17(26)18(27)23-24-14-7-2-11(19)8-10(14)9-15(24)16(25)22-13-5-3-12(20)4-6-13/h2-9H,1H3,(H,21,26)(H,22,25)(H,23,27). The molecule has 0 unspecified atom stereocenters. The summed E-state index contributed by atoms with van der Waals surface area (Å²) in [6.45, 7) is 0. The van der Waals surface area contributed by atoms with E-state index in [0.29, 0.717) is 21.6 Å². The Labute approximate surface area is 167 Å². The van der Waals surface area contributed by atoms with Gasteiger partial charge in [-0.2, -0.15) is 0 Å². The number of halogens is 2. The maximum Gasteiger partial charge on any atom is 0.328 e.